The minimum absolute atomic E-state index is 0.0446. The summed E-state index contributed by atoms with van der Waals surface area (Å²) in [4.78, 5) is 14.3. The van der Waals surface area contributed by atoms with Gasteiger partial charge in [0.15, 0.2) is 0 Å². The first-order chi connectivity index (χ1) is 8.93. The molecule has 4 nitrogen and oxygen atoms in total. The van der Waals surface area contributed by atoms with Crippen LogP contribution in [0.2, 0.25) is 0 Å². The van der Waals surface area contributed by atoms with E-state index < -0.39 is 11.7 Å². The van der Waals surface area contributed by atoms with Crippen molar-refractivity contribution in [2.45, 2.75) is 38.4 Å². The van der Waals surface area contributed by atoms with Crippen LogP contribution in [-0.4, -0.2) is 36.1 Å². The molecule has 1 fully saturated rings. The normalized spacial score (nSPS) is 35.1. The second-order valence-corrected chi connectivity index (χ2v) is 5.66. The van der Waals surface area contributed by atoms with Crippen molar-refractivity contribution in [1.29, 1.82) is 0 Å². The highest BCUT2D eigenvalue weighted by molar-refractivity contribution is 5.85. The second-order valence-electron chi connectivity index (χ2n) is 5.66. The molecule has 1 amide bonds. The lowest BCUT2D eigenvalue weighted by atomic mass is 9.98. The maximum atomic E-state index is 13.3. The maximum Gasteiger partial charge on any atom is 0.258 e. The number of hydrogen-bond donors (Lipinski definition) is 2. The van der Waals surface area contributed by atoms with Crippen molar-refractivity contribution in [2.75, 3.05) is 13.6 Å². The van der Waals surface area contributed by atoms with Crippen LogP contribution < -0.4 is 10.9 Å². The number of likely N-dealkylation sites (N-methyl/N-ethyl adjacent to an activating group) is 1. The fourth-order valence-electron chi connectivity index (χ4n) is 2.53. The Hall–Kier alpha value is -1.36. The lowest BCUT2D eigenvalue weighted by Crippen LogP contribution is -2.55. The van der Waals surface area contributed by atoms with Gasteiger partial charge in [-0.2, -0.15) is 0 Å². The molecule has 0 aromatic rings. The molecule has 0 spiro atoms. The molecule has 1 saturated heterocycles. The lowest BCUT2D eigenvalue weighted by molar-refractivity contribution is -0.131. The topological polar surface area (TPSA) is 44.4 Å². The molecular weight excluding hydrogens is 245 g/mol. The number of carbonyl (C=O) groups excluding carboxylic acids is 1. The van der Waals surface area contributed by atoms with Crippen molar-refractivity contribution in [1.82, 2.24) is 15.8 Å². The number of hydrazine groups is 1. The van der Waals surface area contributed by atoms with Gasteiger partial charge >= 0.3 is 0 Å². The van der Waals surface area contributed by atoms with Gasteiger partial charge in [-0.05, 0) is 45.5 Å². The molecule has 19 heavy (non-hydrogen) atoms. The molecule has 1 aliphatic heterocycles. The zero-order valence-electron chi connectivity index (χ0n) is 11.7. The summed E-state index contributed by atoms with van der Waals surface area (Å²) in [6, 6.07) is 0. The van der Waals surface area contributed by atoms with Crippen LogP contribution in [0.4, 0.5) is 4.39 Å². The molecule has 0 aromatic carbocycles. The van der Waals surface area contributed by atoms with Crippen LogP contribution in [0.1, 0.15) is 26.7 Å². The van der Waals surface area contributed by atoms with E-state index in [-0.39, 0.29) is 11.8 Å². The molecule has 0 saturated carbocycles. The third-order valence-corrected chi connectivity index (χ3v) is 4.21. The van der Waals surface area contributed by atoms with E-state index in [1.807, 2.05) is 20.9 Å². The van der Waals surface area contributed by atoms with Gasteiger partial charge in [-0.3, -0.25) is 20.5 Å². The lowest BCUT2D eigenvalue weighted by Gasteiger charge is -2.31. The van der Waals surface area contributed by atoms with Crippen LogP contribution in [0, 0.1) is 5.92 Å². The molecular formula is C14H22FN3O. The first-order valence-electron chi connectivity index (χ1n) is 6.75. The first-order valence-corrected chi connectivity index (χ1v) is 6.75. The van der Waals surface area contributed by atoms with Gasteiger partial charge in [-0.15, -0.1) is 0 Å². The summed E-state index contributed by atoms with van der Waals surface area (Å²) in [6.07, 6.45) is 5.89. The van der Waals surface area contributed by atoms with E-state index in [2.05, 4.69) is 15.8 Å². The monoisotopic (exact) mass is 267 g/mol. The van der Waals surface area contributed by atoms with Gasteiger partial charge in [0.2, 0.25) is 0 Å². The smallest absolute Gasteiger partial charge is 0.258 e. The minimum Gasteiger partial charge on any atom is -0.299 e. The fraction of sp³-hybridized carbons (Fsp3) is 0.643. The average molecular weight is 267 g/mol. The molecule has 1 heterocycles. The maximum absolute atomic E-state index is 13.3. The average Bonchev–Trinajstić information content (AvgIpc) is 2.72. The number of rotatable bonds is 3. The Bertz CT molecular complexity index is 421. The predicted octanol–water partition coefficient (Wildman–Crippen LogP) is 1.52. The van der Waals surface area contributed by atoms with E-state index in [0.717, 1.165) is 25.1 Å². The summed E-state index contributed by atoms with van der Waals surface area (Å²) < 4.78 is 13.3. The minimum atomic E-state index is -0.945. The number of amides is 1. The fourth-order valence-corrected chi connectivity index (χ4v) is 2.53. The molecule has 0 radical (unpaired) electrons. The van der Waals surface area contributed by atoms with E-state index in [1.54, 1.807) is 12.2 Å². The number of nitrogens with zero attached hydrogens (tertiary/aromatic N) is 1. The van der Waals surface area contributed by atoms with E-state index in [0.29, 0.717) is 0 Å². The van der Waals surface area contributed by atoms with Crippen LogP contribution in [0.15, 0.2) is 23.9 Å². The summed E-state index contributed by atoms with van der Waals surface area (Å²) in [5.41, 5.74) is 5.88. The second kappa shape index (κ2) is 5.33. The van der Waals surface area contributed by atoms with Gasteiger partial charge in [0, 0.05) is 5.92 Å². The summed E-state index contributed by atoms with van der Waals surface area (Å²) >= 11 is 0. The van der Waals surface area contributed by atoms with Crippen LogP contribution in [0.25, 0.3) is 0 Å². The molecule has 3 atom stereocenters. The Labute approximate surface area is 113 Å². The molecule has 0 aromatic heterocycles. The number of halogens is 1. The third-order valence-electron chi connectivity index (χ3n) is 4.21. The zero-order chi connectivity index (χ0) is 14.0. The molecule has 5 heteroatoms. The quantitative estimate of drug-likeness (QED) is 0.762. The van der Waals surface area contributed by atoms with E-state index in [4.69, 9.17) is 0 Å². The van der Waals surface area contributed by atoms with Crippen molar-refractivity contribution >= 4 is 5.91 Å². The van der Waals surface area contributed by atoms with Crippen molar-refractivity contribution in [2.24, 2.45) is 5.92 Å². The van der Waals surface area contributed by atoms with Crippen LogP contribution in [0.3, 0.4) is 0 Å². The molecule has 2 rings (SSSR count). The van der Waals surface area contributed by atoms with Crippen molar-refractivity contribution < 1.29 is 9.18 Å². The van der Waals surface area contributed by atoms with Crippen LogP contribution >= 0.6 is 0 Å². The summed E-state index contributed by atoms with van der Waals surface area (Å²) in [5, 5.41) is 0. The van der Waals surface area contributed by atoms with Gasteiger partial charge in [-0.1, -0.05) is 13.0 Å². The van der Waals surface area contributed by atoms with Gasteiger partial charge in [0.05, 0.1) is 11.2 Å². The highest BCUT2D eigenvalue weighted by Crippen LogP contribution is 2.27. The van der Waals surface area contributed by atoms with Gasteiger partial charge in [0.25, 0.3) is 5.91 Å². The van der Waals surface area contributed by atoms with Crippen LogP contribution in [-0.2, 0) is 4.79 Å². The largest absolute Gasteiger partial charge is 0.299 e. The zero-order valence-corrected chi connectivity index (χ0v) is 11.7. The predicted molar refractivity (Wildman–Crippen MR) is 72.8 cm³/mol. The Morgan fingerprint density at radius 1 is 1.58 bits per heavy atom. The Morgan fingerprint density at radius 3 is 2.89 bits per heavy atom. The standard InChI is InChI=1S/C14H22FN3O/c1-10-9-11(5-6-12(10)15)16-17-13(19)14(2)7-4-8-18(14)3/h5-6,9-10,12,16H,4,7-8H2,1-3H3,(H,17,19). The molecule has 3 unspecified atom stereocenters. The Morgan fingerprint density at radius 2 is 2.32 bits per heavy atom. The molecule has 0 bridgehead atoms. The van der Waals surface area contributed by atoms with E-state index in [1.165, 1.54) is 6.08 Å². The van der Waals surface area contributed by atoms with Crippen molar-refractivity contribution in [3.05, 3.63) is 23.9 Å². The number of likely N-dealkylation sites (tertiary alicyclic amines) is 1. The number of carbonyl (C=O) groups is 1. The van der Waals surface area contributed by atoms with E-state index in [9.17, 15) is 9.18 Å². The Balaban J connectivity index is 1.91. The third kappa shape index (κ3) is 2.81. The number of allylic oxidation sites excluding steroid dienone is 3. The van der Waals surface area contributed by atoms with Crippen molar-refractivity contribution in [3.8, 4) is 0 Å². The van der Waals surface area contributed by atoms with Crippen LogP contribution in [0.5, 0.6) is 0 Å². The summed E-state index contributed by atoms with van der Waals surface area (Å²) in [5.74, 6) is -0.217. The molecule has 2 aliphatic rings. The molecule has 106 valence electrons. The number of nitrogens with one attached hydrogen (secondary N) is 2. The summed E-state index contributed by atoms with van der Waals surface area (Å²) in [7, 11) is 1.96. The SMILES string of the molecule is CC1C=C(NNC(=O)C2(C)CCCN2C)C=CC1F. The van der Waals surface area contributed by atoms with E-state index >= 15 is 0 Å². The highest BCUT2D eigenvalue weighted by Gasteiger charge is 2.40. The molecule has 1 aliphatic carbocycles. The van der Waals surface area contributed by atoms with Gasteiger partial charge in [0.1, 0.15) is 6.17 Å². The number of alkyl halides is 1. The molecule has 2 N–H and O–H groups in total. The Kier molecular flexibility index (Phi) is 3.94. The number of hydrogen-bond acceptors (Lipinski definition) is 3. The van der Waals surface area contributed by atoms with Gasteiger partial charge in [-0.25, -0.2) is 4.39 Å². The highest BCUT2D eigenvalue weighted by atomic mass is 19.1. The first kappa shape index (κ1) is 14.1. The summed E-state index contributed by atoms with van der Waals surface area (Å²) in [6.45, 7) is 4.69. The van der Waals surface area contributed by atoms with Gasteiger partial charge < -0.3 is 0 Å². The van der Waals surface area contributed by atoms with Crippen molar-refractivity contribution in [3.63, 3.8) is 0 Å².